The Bertz CT molecular complexity index is 690. The minimum atomic E-state index is -0.0355. The molecule has 0 spiro atoms. The number of amides is 1. The Kier molecular flexibility index (Phi) is 7.96. The Morgan fingerprint density at radius 3 is 2.70 bits per heavy atom. The first kappa shape index (κ1) is 20.6. The van der Waals surface area contributed by atoms with Gasteiger partial charge in [-0.05, 0) is 37.8 Å². The Balaban J connectivity index is 1.88. The zero-order valence-electron chi connectivity index (χ0n) is 16.2. The first-order valence-electron chi connectivity index (χ1n) is 9.33. The maximum atomic E-state index is 11.6. The molecule has 2 rings (SSSR count). The molecule has 1 aromatic rings. The summed E-state index contributed by atoms with van der Waals surface area (Å²) in [4.78, 5) is 26.7. The quantitative estimate of drug-likeness (QED) is 0.389. The second kappa shape index (κ2) is 10.4. The fourth-order valence-electron chi connectivity index (χ4n) is 3.38. The largest absolute Gasteiger partial charge is 0.465 e. The summed E-state index contributed by atoms with van der Waals surface area (Å²) >= 11 is 0. The third-order valence-corrected chi connectivity index (χ3v) is 4.85. The molecule has 1 aliphatic rings. The highest BCUT2D eigenvalue weighted by Gasteiger charge is 2.25. The molecule has 1 saturated heterocycles. The fourth-order valence-corrected chi connectivity index (χ4v) is 3.38. The van der Waals surface area contributed by atoms with Gasteiger partial charge in [0.05, 0.1) is 0 Å². The summed E-state index contributed by atoms with van der Waals surface area (Å²) in [5.41, 5.74) is 5.08. The minimum Gasteiger partial charge on any atom is -0.465 e. The van der Waals surface area contributed by atoms with Crippen molar-refractivity contribution in [3.8, 4) is 0 Å². The highest BCUT2D eigenvalue weighted by atomic mass is 16.5. The maximum absolute atomic E-state index is 11.6. The number of rotatable bonds is 10. The van der Waals surface area contributed by atoms with E-state index >= 15 is 0 Å². The zero-order chi connectivity index (χ0) is 19.6. The van der Waals surface area contributed by atoms with Crippen molar-refractivity contribution in [2.45, 2.75) is 32.2 Å². The molecular formula is C21H29N3O3. The molecule has 6 nitrogen and oxygen atoms in total. The highest BCUT2D eigenvalue weighted by molar-refractivity contribution is 5.76. The normalized spacial score (nSPS) is 14.2. The second-order valence-corrected chi connectivity index (χ2v) is 6.69. The number of anilines is 1. The molecule has 1 fully saturated rings. The van der Waals surface area contributed by atoms with Crippen LogP contribution in [0.3, 0.4) is 0 Å². The predicted molar refractivity (Wildman–Crippen MR) is 106 cm³/mol. The van der Waals surface area contributed by atoms with Crippen molar-refractivity contribution >= 4 is 17.9 Å². The van der Waals surface area contributed by atoms with Crippen LogP contribution < -0.4 is 5.32 Å². The van der Waals surface area contributed by atoms with Gasteiger partial charge in [-0.1, -0.05) is 30.5 Å². The number of likely N-dealkylation sites (tertiary alicyclic amines) is 1. The van der Waals surface area contributed by atoms with E-state index in [1.54, 1.807) is 0 Å². The number of ketones is 1. The van der Waals surface area contributed by atoms with Gasteiger partial charge in [0.1, 0.15) is 6.61 Å². The lowest BCUT2D eigenvalue weighted by Crippen LogP contribution is -2.45. The van der Waals surface area contributed by atoms with Gasteiger partial charge in [-0.2, -0.15) is 0 Å². The van der Waals surface area contributed by atoms with Crippen LogP contribution in [0.4, 0.5) is 5.69 Å². The van der Waals surface area contributed by atoms with Crippen molar-refractivity contribution in [2.24, 2.45) is 0 Å². The first-order chi connectivity index (χ1) is 13.1. The van der Waals surface area contributed by atoms with Gasteiger partial charge in [0, 0.05) is 38.4 Å². The molecule has 27 heavy (non-hydrogen) atoms. The van der Waals surface area contributed by atoms with Crippen LogP contribution >= 0.6 is 0 Å². The summed E-state index contributed by atoms with van der Waals surface area (Å²) in [6.07, 6.45) is 3.47. The minimum absolute atomic E-state index is 0.0309. The zero-order valence-corrected chi connectivity index (χ0v) is 16.2. The van der Waals surface area contributed by atoms with E-state index < -0.39 is 0 Å². The Morgan fingerprint density at radius 2 is 2.11 bits per heavy atom. The summed E-state index contributed by atoms with van der Waals surface area (Å²) in [7, 11) is 1.91. The van der Waals surface area contributed by atoms with E-state index in [-0.39, 0.29) is 18.4 Å². The van der Waals surface area contributed by atoms with Crippen molar-refractivity contribution in [1.29, 1.82) is 0 Å². The van der Waals surface area contributed by atoms with E-state index in [1.165, 1.54) is 12.5 Å². The van der Waals surface area contributed by atoms with Crippen LogP contribution in [-0.4, -0.2) is 61.3 Å². The van der Waals surface area contributed by atoms with Crippen molar-refractivity contribution in [3.63, 3.8) is 0 Å². The molecule has 0 bridgehead atoms. The summed E-state index contributed by atoms with van der Waals surface area (Å²) < 4.78 is 5.47. The summed E-state index contributed by atoms with van der Waals surface area (Å²) in [5.74, 6) is 0.482. The molecule has 1 N–H and O–H groups in total. The number of carbonyl (C=O) groups excluding carboxylic acids is 2. The molecule has 1 aromatic carbocycles. The second-order valence-electron chi connectivity index (χ2n) is 6.69. The number of para-hydroxylation sites is 1. The Morgan fingerprint density at radius 1 is 1.41 bits per heavy atom. The van der Waals surface area contributed by atoms with Crippen LogP contribution in [0.15, 0.2) is 42.5 Å². The van der Waals surface area contributed by atoms with Crippen LogP contribution in [0, 0.1) is 0 Å². The van der Waals surface area contributed by atoms with Gasteiger partial charge in [-0.3, -0.25) is 9.59 Å². The standard InChI is InChI=1S/C21H29N3O3/c1-4-21(27-15-17(2)26)23-13-10-19(11-14-23)24(16-25)12-9-18-7-5-6-8-20(18)22-3/h5-8,16,19,22H,1,9-15H2,2-3H3. The van der Waals surface area contributed by atoms with Gasteiger partial charge < -0.3 is 19.9 Å². The number of nitrogens with one attached hydrogen (secondary N) is 1. The SMILES string of the molecule is C=C=C(OCC(C)=O)N1CCC(N(C=O)CCc2ccccc2NC)CC1. The molecule has 0 aromatic heterocycles. The molecule has 1 heterocycles. The molecule has 0 aliphatic carbocycles. The Labute approximate surface area is 161 Å². The van der Waals surface area contributed by atoms with Crippen LogP contribution in [-0.2, 0) is 20.7 Å². The van der Waals surface area contributed by atoms with E-state index in [2.05, 4.69) is 23.7 Å². The molecule has 1 aliphatic heterocycles. The predicted octanol–water partition coefficient (Wildman–Crippen LogP) is 2.43. The van der Waals surface area contributed by atoms with Crippen molar-refractivity contribution < 1.29 is 14.3 Å². The van der Waals surface area contributed by atoms with Crippen LogP contribution in [0.2, 0.25) is 0 Å². The molecular weight excluding hydrogens is 342 g/mol. The maximum Gasteiger partial charge on any atom is 0.235 e. The third-order valence-electron chi connectivity index (χ3n) is 4.85. The Hall–Kier alpha value is -2.72. The van der Waals surface area contributed by atoms with Gasteiger partial charge in [0.15, 0.2) is 5.78 Å². The average Bonchev–Trinajstić information content (AvgIpc) is 2.70. The number of hydrogen-bond acceptors (Lipinski definition) is 5. The lowest BCUT2D eigenvalue weighted by atomic mass is 10.0. The van der Waals surface area contributed by atoms with Gasteiger partial charge in [-0.15, -0.1) is 0 Å². The van der Waals surface area contributed by atoms with Gasteiger partial charge in [-0.25, -0.2) is 0 Å². The number of ether oxygens (including phenoxy) is 1. The van der Waals surface area contributed by atoms with Gasteiger partial charge in [0.25, 0.3) is 0 Å². The monoisotopic (exact) mass is 371 g/mol. The number of benzene rings is 1. The van der Waals surface area contributed by atoms with Gasteiger partial charge >= 0.3 is 0 Å². The highest BCUT2D eigenvalue weighted by Crippen LogP contribution is 2.21. The number of carbonyl (C=O) groups is 2. The number of piperidine rings is 1. The van der Waals surface area contributed by atoms with E-state index in [4.69, 9.17) is 4.74 Å². The summed E-state index contributed by atoms with van der Waals surface area (Å²) in [5, 5.41) is 3.19. The van der Waals surface area contributed by atoms with Crippen molar-refractivity contribution in [3.05, 3.63) is 48.0 Å². The van der Waals surface area contributed by atoms with Crippen LogP contribution in [0.5, 0.6) is 0 Å². The van der Waals surface area contributed by atoms with E-state index in [1.807, 2.05) is 35.0 Å². The van der Waals surface area contributed by atoms with E-state index in [9.17, 15) is 9.59 Å². The fraction of sp³-hybridized carbons (Fsp3) is 0.476. The topological polar surface area (TPSA) is 61.9 Å². The molecule has 0 saturated carbocycles. The van der Waals surface area contributed by atoms with Crippen LogP contribution in [0.25, 0.3) is 0 Å². The number of nitrogens with zero attached hydrogens (tertiary/aromatic N) is 2. The molecule has 0 unspecified atom stereocenters. The smallest absolute Gasteiger partial charge is 0.235 e. The first-order valence-corrected chi connectivity index (χ1v) is 9.33. The molecule has 6 heteroatoms. The lowest BCUT2D eigenvalue weighted by molar-refractivity contribution is -0.122. The lowest BCUT2D eigenvalue weighted by Gasteiger charge is -2.37. The molecule has 146 valence electrons. The number of hydrogen-bond donors (Lipinski definition) is 1. The van der Waals surface area contributed by atoms with Gasteiger partial charge in [0.2, 0.25) is 12.3 Å². The van der Waals surface area contributed by atoms with Crippen LogP contribution in [0.1, 0.15) is 25.3 Å². The van der Waals surface area contributed by atoms with Crippen molar-refractivity contribution in [1.82, 2.24) is 9.80 Å². The molecule has 1 amide bonds. The molecule has 0 atom stereocenters. The summed E-state index contributed by atoms with van der Waals surface area (Å²) in [6.45, 7) is 7.36. The summed E-state index contributed by atoms with van der Waals surface area (Å²) in [6, 6.07) is 8.36. The van der Waals surface area contributed by atoms with E-state index in [0.29, 0.717) is 12.4 Å². The van der Waals surface area contributed by atoms with Crippen molar-refractivity contribution in [2.75, 3.05) is 38.6 Å². The number of Topliss-reactive ketones (excluding diaryl/α,β-unsaturated/α-hetero) is 1. The molecule has 0 radical (unpaired) electrons. The average molecular weight is 371 g/mol. The third kappa shape index (κ3) is 5.90. The van der Waals surface area contributed by atoms with E-state index in [0.717, 1.165) is 44.4 Å².